The number of anilines is 2. The molecule has 0 aliphatic carbocycles. The molecule has 3 atom stereocenters. The van der Waals surface area contributed by atoms with E-state index in [2.05, 4.69) is 68.6 Å². The highest BCUT2D eigenvalue weighted by molar-refractivity contribution is 7.88. The number of aryl methyl sites for hydroxylation is 2. The minimum absolute atomic E-state index is 0.0499. The second-order valence-electron chi connectivity index (χ2n) is 14.1. The Balaban J connectivity index is 1.09. The van der Waals surface area contributed by atoms with Gasteiger partial charge in [0.1, 0.15) is 10.6 Å². The number of likely N-dealkylation sites (tertiary alicyclic amines) is 1. The molecule has 2 aliphatic heterocycles. The largest absolute Gasteiger partial charge is 0.393 e. The molecule has 268 valence electrons. The maximum atomic E-state index is 13.0. The van der Waals surface area contributed by atoms with E-state index >= 15 is 0 Å². The van der Waals surface area contributed by atoms with Crippen LogP contribution >= 0.6 is 11.3 Å². The zero-order valence-corrected chi connectivity index (χ0v) is 30.6. The molecule has 0 radical (unpaired) electrons. The Kier molecular flexibility index (Phi) is 9.96. The average molecular weight is 721 g/mol. The van der Waals surface area contributed by atoms with Crippen molar-refractivity contribution in [2.24, 2.45) is 0 Å². The van der Waals surface area contributed by atoms with Gasteiger partial charge in [-0.25, -0.2) is 13.4 Å². The lowest BCUT2D eigenvalue weighted by molar-refractivity contribution is -0.126. The maximum Gasteiger partial charge on any atom is 0.393 e. The highest BCUT2D eigenvalue weighted by Gasteiger charge is 2.37. The Morgan fingerprint density at radius 2 is 1.73 bits per heavy atom. The molecule has 0 bridgehead atoms. The third-order valence-corrected chi connectivity index (χ3v) is 12.7. The Morgan fingerprint density at radius 3 is 2.37 bits per heavy atom. The van der Waals surface area contributed by atoms with Crippen LogP contribution in [0.5, 0.6) is 0 Å². The van der Waals surface area contributed by atoms with Gasteiger partial charge in [-0.2, -0.15) is 22.5 Å². The van der Waals surface area contributed by atoms with Crippen LogP contribution in [0.15, 0.2) is 24.3 Å². The van der Waals surface area contributed by atoms with Crippen molar-refractivity contribution in [3.05, 3.63) is 46.0 Å². The number of hydrogen-bond acceptors (Lipinski definition) is 9. The number of halogens is 3. The molecule has 2 aliphatic rings. The van der Waals surface area contributed by atoms with Crippen LogP contribution in [-0.4, -0.2) is 99.8 Å². The van der Waals surface area contributed by atoms with Crippen LogP contribution in [0, 0.1) is 13.8 Å². The summed E-state index contributed by atoms with van der Waals surface area (Å²) in [5, 5.41) is 5.30. The number of aromatic nitrogens is 3. The van der Waals surface area contributed by atoms with Crippen LogP contribution < -0.4 is 11.1 Å². The molecular weight excluding hydrogens is 674 g/mol. The Bertz CT molecular complexity index is 1920. The number of piperidine rings is 1. The van der Waals surface area contributed by atoms with Crippen molar-refractivity contribution in [1.82, 2.24) is 28.6 Å². The smallest absolute Gasteiger partial charge is 0.368 e. The molecule has 4 aromatic rings. The van der Waals surface area contributed by atoms with Crippen molar-refractivity contribution in [1.29, 1.82) is 0 Å². The van der Waals surface area contributed by atoms with Crippen molar-refractivity contribution >= 4 is 54.2 Å². The van der Waals surface area contributed by atoms with Crippen molar-refractivity contribution in [2.75, 3.05) is 43.5 Å². The monoisotopic (exact) mass is 720 g/mol. The van der Waals surface area contributed by atoms with E-state index in [4.69, 9.17) is 5.73 Å². The van der Waals surface area contributed by atoms with E-state index in [1.165, 1.54) is 40.0 Å². The van der Waals surface area contributed by atoms with Crippen molar-refractivity contribution in [3.63, 3.8) is 0 Å². The minimum atomic E-state index is -4.29. The summed E-state index contributed by atoms with van der Waals surface area (Å²) in [5.41, 5.74) is 10.9. The molecule has 3 aromatic heterocycles. The lowest BCUT2D eigenvalue weighted by Gasteiger charge is -2.45. The Labute approximate surface area is 290 Å². The highest BCUT2D eigenvalue weighted by atomic mass is 32.2. The van der Waals surface area contributed by atoms with Crippen LogP contribution in [0.25, 0.3) is 21.1 Å². The molecule has 1 aromatic carbocycles. The number of benzene rings is 1. The molecule has 2 fully saturated rings. The number of piperazine rings is 1. The molecule has 6 rings (SSSR count). The maximum absolute atomic E-state index is 13.0. The number of fused-ring (bicyclic) bond motifs is 2. The summed E-state index contributed by atoms with van der Waals surface area (Å²) in [4.78, 5) is 14.0. The summed E-state index contributed by atoms with van der Waals surface area (Å²) >= 11 is 1.01. The van der Waals surface area contributed by atoms with Gasteiger partial charge >= 0.3 is 6.18 Å². The normalized spacial score (nSPS) is 21.6. The first-order chi connectivity index (χ1) is 23.0. The van der Waals surface area contributed by atoms with Gasteiger partial charge in [0.25, 0.3) is 0 Å². The molecule has 3 N–H and O–H groups in total. The van der Waals surface area contributed by atoms with Gasteiger partial charge in [0, 0.05) is 84.9 Å². The van der Waals surface area contributed by atoms with Crippen molar-refractivity contribution in [3.8, 4) is 0 Å². The second kappa shape index (κ2) is 13.6. The molecule has 0 unspecified atom stereocenters. The molecule has 0 spiro atoms. The molecule has 0 saturated carbocycles. The second-order valence-corrected chi connectivity index (χ2v) is 17.1. The Hall–Kier alpha value is -2.98. The van der Waals surface area contributed by atoms with E-state index < -0.39 is 22.6 Å². The van der Waals surface area contributed by atoms with E-state index in [0.717, 1.165) is 50.4 Å². The molecule has 10 nitrogen and oxygen atoms in total. The number of hydrogen-bond donors (Lipinski definition) is 2. The van der Waals surface area contributed by atoms with Gasteiger partial charge in [-0.3, -0.25) is 9.80 Å². The zero-order valence-electron chi connectivity index (χ0n) is 29.0. The zero-order chi connectivity index (χ0) is 35.4. The molecule has 49 heavy (non-hydrogen) atoms. The topological polar surface area (TPSA) is 113 Å². The first kappa shape index (κ1) is 35.8. The van der Waals surface area contributed by atoms with Crippen LogP contribution in [0.4, 0.5) is 24.9 Å². The van der Waals surface area contributed by atoms with Gasteiger partial charge in [-0.15, -0.1) is 11.3 Å². The van der Waals surface area contributed by atoms with Crippen LogP contribution in [-0.2, 0) is 29.5 Å². The molecule has 2 saturated heterocycles. The number of nitrogen functional groups attached to an aromatic ring is 1. The third kappa shape index (κ3) is 7.85. The molecule has 15 heteroatoms. The number of nitrogens with two attached hydrogens (primary N) is 1. The van der Waals surface area contributed by atoms with E-state index in [1.54, 1.807) is 4.31 Å². The molecular formula is C34H47F3N8O2S2. The summed E-state index contributed by atoms with van der Waals surface area (Å²) in [6.45, 7) is 15.4. The first-order valence-electron chi connectivity index (χ1n) is 16.9. The van der Waals surface area contributed by atoms with Gasteiger partial charge in [0.15, 0.2) is 0 Å². The summed E-state index contributed by atoms with van der Waals surface area (Å²) < 4.78 is 67.8. The summed E-state index contributed by atoms with van der Waals surface area (Å²) in [6, 6.07) is 8.51. The van der Waals surface area contributed by atoms with Gasteiger partial charge in [-0.05, 0) is 76.8 Å². The van der Waals surface area contributed by atoms with Gasteiger partial charge in [0.2, 0.25) is 16.0 Å². The number of sulfonamides is 1. The van der Waals surface area contributed by atoms with Crippen LogP contribution in [0.2, 0.25) is 0 Å². The Morgan fingerprint density at radius 1 is 1.06 bits per heavy atom. The van der Waals surface area contributed by atoms with Gasteiger partial charge in [0.05, 0.1) is 18.1 Å². The van der Waals surface area contributed by atoms with Gasteiger partial charge < -0.3 is 15.6 Å². The van der Waals surface area contributed by atoms with E-state index in [0.29, 0.717) is 29.1 Å². The predicted molar refractivity (Wildman–Crippen MR) is 192 cm³/mol. The fraction of sp³-hybridized carbons (Fsp3) is 0.588. The lowest BCUT2D eigenvalue weighted by atomic mass is 10.0. The van der Waals surface area contributed by atoms with Crippen LogP contribution in [0.1, 0.15) is 55.3 Å². The number of rotatable bonds is 9. The first-order valence-corrected chi connectivity index (χ1v) is 19.6. The third-order valence-electron chi connectivity index (χ3n) is 10.2. The molecule has 5 heterocycles. The highest BCUT2D eigenvalue weighted by Crippen LogP contribution is 2.35. The standard InChI is InChI=1S/C34H47F3N8O2S2/c1-20-13-28-24(5)25(7-8-30(28)44(20)18-21(2)43-16-22(3)45(23(4)17-43)49(6,46)47)19-42-11-9-26(10-12-42)39-31-29-14-27(15-34(35,36)37)48-32(29)41-33(38)40-31/h7-8,13-14,21-23,26H,9-12,15-19H2,1-6H3,(H3,38,39,40,41)/t21-,22+,23+/m0/s1. The van der Waals surface area contributed by atoms with Crippen LogP contribution in [0.3, 0.4) is 0 Å². The lowest BCUT2D eigenvalue weighted by Crippen LogP contribution is -2.60. The summed E-state index contributed by atoms with van der Waals surface area (Å²) in [5.74, 6) is 0.551. The minimum Gasteiger partial charge on any atom is -0.368 e. The van der Waals surface area contributed by atoms with E-state index in [-0.39, 0.29) is 35.0 Å². The number of thiophene rings is 1. The quantitative estimate of drug-likeness (QED) is 0.224. The molecule has 0 amide bonds. The van der Waals surface area contributed by atoms with E-state index in [1.807, 2.05) is 13.8 Å². The fourth-order valence-electron chi connectivity index (χ4n) is 7.86. The van der Waals surface area contributed by atoms with Gasteiger partial charge in [-0.1, -0.05) is 6.07 Å². The summed E-state index contributed by atoms with van der Waals surface area (Å²) in [7, 11) is -3.25. The van der Waals surface area contributed by atoms with Crippen molar-refractivity contribution < 1.29 is 21.6 Å². The number of nitrogens with zero attached hydrogens (tertiary/aromatic N) is 6. The number of nitrogens with one attached hydrogen (secondary N) is 1. The average Bonchev–Trinajstić information content (AvgIpc) is 3.53. The van der Waals surface area contributed by atoms with E-state index in [9.17, 15) is 21.6 Å². The number of alkyl halides is 3. The van der Waals surface area contributed by atoms with Crippen molar-refractivity contribution in [2.45, 2.75) is 97.3 Å². The summed E-state index contributed by atoms with van der Waals surface area (Å²) in [6.07, 6.45) is -2.24. The predicted octanol–water partition coefficient (Wildman–Crippen LogP) is 5.77. The SMILES string of the molecule is Cc1c(CN2CCC(Nc3nc(N)nc4sc(CC(F)(F)F)cc34)CC2)ccc2c1cc(C)n2C[C@H](C)N1C[C@@H](C)N(S(C)(=O)=O)[C@H](C)C1. The fourth-order valence-corrected chi connectivity index (χ4v) is 10.4.